The molecule has 0 saturated heterocycles. The molecule has 52 heavy (non-hydrogen) atoms. The number of rotatable bonds is 3. The van der Waals surface area contributed by atoms with Crippen LogP contribution in [0.25, 0.3) is 43.8 Å². The summed E-state index contributed by atoms with van der Waals surface area (Å²) in [4.78, 5) is 2.61. The Hall–Kier alpha value is -5.14. The van der Waals surface area contributed by atoms with Gasteiger partial charge in [0.1, 0.15) is 0 Å². The predicted molar refractivity (Wildman–Crippen MR) is 217 cm³/mol. The van der Waals surface area contributed by atoms with Crippen LogP contribution in [0.3, 0.4) is 0 Å². The van der Waals surface area contributed by atoms with Gasteiger partial charge in [-0.2, -0.15) is 0 Å². The van der Waals surface area contributed by atoms with Crippen molar-refractivity contribution in [2.45, 2.75) is 56.8 Å². The molecule has 4 fully saturated rings. The Balaban J connectivity index is 1.12. The molecule has 6 aliphatic rings. The van der Waals surface area contributed by atoms with Crippen LogP contribution in [0.2, 0.25) is 0 Å². The van der Waals surface area contributed by atoms with E-state index < -0.39 is 0 Å². The molecule has 7 aromatic carbocycles. The van der Waals surface area contributed by atoms with Crippen molar-refractivity contribution in [3.05, 3.63) is 162 Å². The highest BCUT2D eigenvalue weighted by molar-refractivity contribution is 6.09. The zero-order valence-corrected chi connectivity index (χ0v) is 30.1. The molecule has 0 radical (unpaired) electrons. The molecule has 252 valence electrons. The van der Waals surface area contributed by atoms with E-state index in [4.69, 9.17) is 0 Å². The van der Waals surface area contributed by atoms with Crippen LogP contribution in [0.5, 0.6) is 0 Å². The highest BCUT2D eigenvalue weighted by atomic mass is 15.1. The van der Waals surface area contributed by atoms with E-state index in [0.29, 0.717) is 0 Å². The van der Waals surface area contributed by atoms with Gasteiger partial charge in [0.2, 0.25) is 0 Å². The monoisotopic (exact) mass is 669 g/mol. The first-order chi connectivity index (χ1) is 25.5. The Morgan fingerprint density at radius 3 is 1.90 bits per heavy atom. The van der Waals surface area contributed by atoms with Gasteiger partial charge in [-0.3, -0.25) is 0 Å². The summed E-state index contributed by atoms with van der Waals surface area (Å²) in [5.74, 6) is 3.33. The molecule has 0 unspecified atom stereocenters. The largest absolute Gasteiger partial charge is 0.310 e. The third kappa shape index (κ3) is 3.69. The lowest BCUT2D eigenvalue weighted by Gasteiger charge is -2.61. The summed E-state index contributed by atoms with van der Waals surface area (Å²) in [5, 5.41) is 5.19. The van der Waals surface area contributed by atoms with E-state index in [-0.39, 0.29) is 10.8 Å². The predicted octanol–water partition coefficient (Wildman–Crippen LogP) is 13.5. The average Bonchev–Trinajstić information content (AvgIpc) is 3.60. The molecule has 0 atom stereocenters. The van der Waals surface area contributed by atoms with Crippen LogP contribution in [0.4, 0.5) is 17.1 Å². The Morgan fingerprint density at radius 1 is 0.462 bits per heavy atom. The molecule has 7 aromatic rings. The van der Waals surface area contributed by atoms with E-state index in [2.05, 4.69) is 158 Å². The molecule has 4 bridgehead atoms. The fraction of sp³-hybridized carbons (Fsp3) is 0.255. The van der Waals surface area contributed by atoms with Crippen LogP contribution >= 0.6 is 0 Å². The Bertz CT molecular complexity index is 2610. The number of hydrogen-bond donors (Lipinski definition) is 0. The number of hydrogen-bond acceptors (Lipinski definition) is 1. The van der Waals surface area contributed by atoms with Crippen molar-refractivity contribution in [3.8, 4) is 22.3 Å². The average molecular weight is 670 g/mol. The van der Waals surface area contributed by atoms with Gasteiger partial charge in [-0.25, -0.2) is 0 Å². The minimum atomic E-state index is -0.0778. The van der Waals surface area contributed by atoms with Gasteiger partial charge in [0, 0.05) is 27.8 Å². The molecule has 1 heteroatoms. The molecule has 0 N–H and O–H groups in total. The standard InChI is InChI=1S/C51H43N/c1-50(2)44-14-7-5-12-41(44)42-23-21-38(30-47(42)50)52(37-20-22-40-34(29-37)19-18-33-10-3-4-11-39(33)40)48-17-9-16-46-49(48)43-13-6-8-15-45(43)51(46)35-25-31-24-32(27-35)28-36(51)26-31/h3-23,29-32,35-36H,24-28H2,1-2H3. The fourth-order valence-electron chi connectivity index (χ4n) is 12.8. The summed E-state index contributed by atoms with van der Waals surface area (Å²) < 4.78 is 0. The van der Waals surface area contributed by atoms with Crippen LogP contribution in [-0.2, 0) is 10.8 Å². The van der Waals surface area contributed by atoms with E-state index in [9.17, 15) is 0 Å². The lowest BCUT2D eigenvalue weighted by Crippen LogP contribution is -2.55. The molecule has 1 nitrogen and oxygen atoms in total. The summed E-state index contributed by atoms with van der Waals surface area (Å²) in [5.41, 5.74) is 15.5. The minimum absolute atomic E-state index is 0.0778. The van der Waals surface area contributed by atoms with Crippen molar-refractivity contribution in [3.63, 3.8) is 0 Å². The van der Waals surface area contributed by atoms with Gasteiger partial charge >= 0.3 is 0 Å². The number of fused-ring (bicyclic) bond motifs is 9. The van der Waals surface area contributed by atoms with Crippen molar-refractivity contribution in [2.75, 3.05) is 4.90 Å². The second kappa shape index (κ2) is 10.3. The topological polar surface area (TPSA) is 3.24 Å². The normalized spacial score (nSPS) is 25.3. The Kier molecular flexibility index (Phi) is 5.81. The first kappa shape index (κ1) is 29.4. The maximum Gasteiger partial charge on any atom is 0.0543 e. The van der Waals surface area contributed by atoms with Crippen LogP contribution < -0.4 is 4.90 Å². The molecular formula is C51H43N. The van der Waals surface area contributed by atoms with Crippen molar-refractivity contribution in [2.24, 2.45) is 23.7 Å². The van der Waals surface area contributed by atoms with Gasteiger partial charge in [-0.15, -0.1) is 0 Å². The zero-order valence-electron chi connectivity index (χ0n) is 30.1. The van der Waals surface area contributed by atoms with E-state index >= 15 is 0 Å². The third-order valence-electron chi connectivity index (χ3n) is 14.6. The molecule has 0 aromatic heterocycles. The van der Waals surface area contributed by atoms with Gasteiger partial charge in [-0.05, 0) is 147 Å². The maximum absolute atomic E-state index is 2.61. The molecule has 0 amide bonds. The summed E-state index contributed by atoms with van der Waals surface area (Å²) >= 11 is 0. The summed E-state index contributed by atoms with van der Waals surface area (Å²) in [6, 6.07) is 53.8. The first-order valence-corrected chi connectivity index (χ1v) is 19.7. The third-order valence-corrected chi connectivity index (χ3v) is 14.6. The summed E-state index contributed by atoms with van der Waals surface area (Å²) in [6.07, 6.45) is 7.06. The number of nitrogens with zero attached hydrogens (tertiary/aromatic N) is 1. The highest BCUT2D eigenvalue weighted by Gasteiger charge is 2.61. The quantitative estimate of drug-likeness (QED) is 0.169. The molecule has 0 heterocycles. The minimum Gasteiger partial charge on any atom is -0.310 e. The summed E-state index contributed by atoms with van der Waals surface area (Å²) in [6.45, 7) is 4.80. The second-order valence-electron chi connectivity index (χ2n) is 17.3. The first-order valence-electron chi connectivity index (χ1n) is 19.7. The molecule has 0 aliphatic heterocycles. The van der Waals surface area contributed by atoms with Crippen molar-refractivity contribution < 1.29 is 0 Å². The van der Waals surface area contributed by atoms with Crippen molar-refractivity contribution >= 4 is 38.6 Å². The van der Waals surface area contributed by atoms with Crippen LogP contribution in [0.1, 0.15) is 68.2 Å². The van der Waals surface area contributed by atoms with E-state index in [0.717, 1.165) is 23.7 Å². The summed E-state index contributed by atoms with van der Waals surface area (Å²) in [7, 11) is 0. The van der Waals surface area contributed by atoms with E-state index in [1.54, 1.807) is 11.1 Å². The molecule has 1 spiro atoms. The van der Waals surface area contributed by atoms with Crippen LogP contribution in [0, 0.1) is 23.7 Å². The Labute approximate surface area is 306 Å². The molecule has 4 saturated carbocycles. The molecule has 13 rings (SSSR count). The lowest BCUT2D eigenvalue weighted by atomic mass is 9.43. The molecule has 6 aliphatic carbocycles. The van der Waals surface area contributed by atoms with Gasteiger partial charge in [-0.1, -0.05) is 123 Å². The highest BCUT2D eigenvalue weighted by Crippen LogP contribution is 2.70. The van der Waals surface area contributed by atoms with Crippen molar-refractivity contribution in [1.82, 2.24) is 0 Å². The van der Waals surface area contributed by atoms with Gasteiger partial charge in [0.15, 0.2) is 0 Å². The SMILES string of the molecule is CC1(C)c2ccccc2-c2ccc(N(c3ccc4c(ccc5ccccc54)c3)c3cccc4c3-c3ccccc3C43C4CC5CC(C4)CC3C5)cc21. The lowest BCUT2D eigenvalue weighted by molar-refractivity contribution is -0.0399. The number of anilines is 3. The van der Waals surface area contributed by atoms with Crippen molar-refractivity contribution in [1.29, 1.82) is 0 Å². The van der Waals surface area contributed by atoms with Gasteiger partial charge in [0.05, 0.1) is 5.69 Å². The fourth-order valence-corrected chi connectivity index (χ4v) is 12.8. The maximum atomic E-state index is 2.61. The number of benzene rings is 7. The van der Waals surface area contributed by atoms with E-state index in [1.165, 1.54) is 104 Å². The van der Waals surface area contributed by atoms with E-state index in [1.807, 2.05) is 0 Å². The molecular weight excluding hydrogens is 627 g/mol. The van der Waals surface area contributed by atoms with Gasteiger partial charge < -0.3 is 4.90 Å². The van der Waals surface area contributed by atoms with Crippen LogP contribution in [0.15, 0.2) is 140 Å². The van der Waals surface area contributed by atoms with Crippen LogP contribution in [-0.4, -0.2) is 0 Å². The Morgan fingerprint density at radius 2 is 1.08 bits per heavy atom. The smallest absolute Gasteiger partial charge is 0.0543 e. The van der Waals surface area contributed by atoms with Gasteiger partial charge in [0.25, 0.3) is 0 Å². The second-order valence-corrected chi connectivity index (χ2v) is 17.3. The zero-order chi connectivity index (χ0) is 34.3.